The topological polar surface area (TPSA) is 44.8 Å². The Morgan fingerprint density at radius 2 is 1.49 bits per heavy atom. The van der Waals surface area contributed by atoms with E-state index in [9.17, 15) is 31.1 Å². The smallest absolute Gasteiger partial charge is 0.374 e. The minimum atomic E-state index is -4.93. The molecule has 2 heterocycles. The van der Waals surface area contributed by atoms with Crippen LogP contribution in [0.2, 0.25) is 0 Å². The molecule has 2 fully saturated rings. The van der Waals surface area contributed by atoms with E-state index in [-0.39, 0.29) is 30.8 Å². The van der Waals surface area contributed by atoms with Gasteiger partial charge >= 0.3 is 18.4 Å². The van der Waals surface area contributed by atoms with E-state index >= 15 is 0 Å². The van der Waals surface area contributed by atoms with Crippen LogP contribution in [0.15, 0.2) is 48.5 Å². The summed E-state index contributed by atoms with van der Waals surface area (Å²) in [5.74, 6) is 0. The normalized spacial score (nSPS) is 21.9. The average molecular weight is 501 g/mol. The fourth-order valence-electron chi connectivity index (χ4n) is 4.51. The average Bonchev–Trinajstić information content (AvgIpc) is 3.16. The molecule has 1 atom stereocenters. The molecule has 4 rings (SSSR count). The van der Waals surface area contributed by atoms with Crippen LogP contribution in [-0.4, -0.2) is 42.3 Å². The first-order valence-corrected chi connectivity index (χ1v) is 11.2. The summed E-state index contributed by atoms with van der Waals surface area (Å²) in [7, 11) is 0. The van der Waals surface area contributed by atoms with Crippen molar-refractivity contribution in [3.05, 3.63) is 70.8 Å². The number of piperidine rings is 1. The number of benzene rings is 2. The number of hydrogen-bond acceptors (Lipinski definition) is 3. The molecule has 190 valence electrons. The van der Waals surface area contributed by atoms with Gasteiger partial charge in [-0.2, -0.15) is 26.3 Å². The van der Waals surface area contributed by atoms with Crippen LogP contribution in [0.4, 0.5) is 31.1 Å². The Kier molecular flexibility index (Phi) is 7.01. The fraction of sp³-hybridized carbons (Fsp3) is 0.458. The molecule has 1 N–H and O–H groups in total. The number of amides is 2. The molecule has 1 unspecified atom stereocenters. The summed E-state index contributed by atoms with van der Waals surface area (Å²) in [6.07, 6.45) is -6.88. The first kappa shape index (κ1) is 25.3. The van der Waals surface area contributed by atoms with E-state index in [1.54, 1.807) is 35.3 Å². The molecule has 0 aromatic heterocycles. The summed E-state index contributed by atoms with van der Waals surface area (Å²) >= 11 is 0. The third-order valence-electron chi connectivity index (χ3n) is 6.27. The monoisotopic (exact) mass is 501 g/mol. The van der Waals surface area contributed by atoms with Crippen molar-refractivity contribution in [2.75, 3.05) is 26.2 Å². The fourth-order valence-corrected chi connectivity index (χ4v) is 4.51. The standard InChI is InChI=1S/C24H25F6N3O2/c25-23(26,27)19-11-17(12-20(13-19)24(28,29)30)14-35-16-22(18-7-3-1-4-8-18)15-33(21(34)31-22)32-9-5-2-6-10-32/h1,3-4,7-8,11-13H,2,5-6,9-10,14-16H2,(H,31,34). The van der Waals surface area contributed by atoms with Crippen LogP contribution in [-0.2, 0) is 29.2 Å². The summed E-state index contributed by atoms with van der Waals surface area (Å²) in [5.41, 5.74) is -3.33. The number of hydrogen-bond donors (Lipinski definition) is 1. The van der Waals surface area contributed by atoms with Gasteiger partial charge in [0.25, 0.3) is 0 Å². The second kappa shape index (κ2) is 9.69. The number of hydrazine groups is 1. The Morgan fingerprint density at radius 1 is 0.886 bits per heavy atom. The van der Waals surface area contributed by atoms with E-state index in [4.69, 9.17) is 4.74 Å². The predicted octanol–water partition coefficient (Wildman–Crippen LogP) is 5.56. The Balaban J connectivity index is 1.56. The number of urea groups is 1. The molecule has 2 amide bonds. The first-order chi connectivity index (χ1) is 16.5. The molecule has 35 heavy (non-hydrogen) atoms. The number of ether oxygens (including phenoxy) is 1. The first-order valence-electron chi connectivity index (χ1n) is 11.2. The van der Waals surface area contributed by atoms with Crippen LogP contribution in [0.5, 0.6) is 0 Å². The number of carbonyl (C=O) groups is 1. The predicted molar refractivity (Wildman–Crippen MR) is 115 cm³/mol. The molecule has 2 aliphatic heterocycles. The van der Waals surface area contributed by atoms with Gasteiger partial charge in [-0.25, -0.2) is 9.80 Å². The van der Waals surface area contributed by atoms with Crippen molar-refractivity contribution < 1.29 is 35.9 Å². The summed E-state index contributed by atoms with van der Waals surface area (Å²) in [4.78, 5) is 12.9. The van der Waals surface area contributed by atoms with E-state index in [0.717, 1.165) is 37.9 Å². The molecule has 2 aliphatic rings. The van der Waals surface area contributed by atoms with Gasteiger partial charge in [0.15, 0.2) is 0 Å². The van der Waals surface area contributed by atoms with Gasteiger partial charge < -0.3 is 10.1 Å². The van der Waals surface area contributed by atoms with E-state index in [1.807, 2.05) is 5.01 Å². The van der Waals surface area contributed by atoms with E-state index in [1.165, 1.54) is 0 Å². The van der Waals surface area contributed by atoms with E-state index < -0.39 is 35.6 Å². The third kappa shape index (κ3) is 5.72. The van der Waals surface area contributed by atoms with Crippen molar-refractivity contribution >= 4 is 6.03 Å². The molecule has 2 aromatic rings. The van der Waals surface area contributed by atoms with Crippen molar-refractivity contribution in [2.24, 2.45) is 0 Å². The minimum absolute atomic E-state index is 0.0860. The molecule has 11 heteroatoms. The van der Waals surface area contributed by atoms with Gasteiger partial charge in [0.2, 0.25) is 0 Å². The van der Waals surface area contributed by atoms with Crippen molar-refractivity contribution in [1.82, 2.24) is 15.3 Å². The molecule has 0 spiro atoms. The molecule has 0 radical (unpaired) electrons. The highest BCUT2D eigenvalue weighted by molar-refractivity contribution is 5.78. The number of halogens is 6. The van der Waals surface area contributed by atoms with Gasteiger partial charge in [0.1, 0.15) is 5.54 Å². The number of nitrogens with one attached hydrogen (secondary N) is 1. The highest BCUT2D eigenvalue weighted by atomic mass is 19.4. The van der Waals surface area contributed by atoms with Gasteiger partial charge in [-0.05, 0) is 42.2 Å². The van der Waals surface area contributed by atoms with Gasteiger partial charge in [-0.15, -0.1) is 0 Å². The molecule has 2 saturated heterocycles. The molecule has 0 saturated carbocycles. The zero-order chi connectivity index (χ0) is 25.3. The lowest BCUT2D eigenvalue weighted by atomic mass is 9.91. The van der Waals surface area contributed by atoms with Crippen LogP contribution in [0.1, 0.15) is 41.5 Å². The van der Waals surface area contributed by atoms with Crippen LogP contribution >= 0.6 is 0 Å². The molecule has 5 nitrogen and oxygen atoms in total. The summed E-state index contributed by atoms with van der Waals surface area (Å²) < 4.78 is 84.8. The molecule has 0 bridgehead atoms. The minimum Gasteiger partial charge on any atom is -0.374 e. The van der Waals surface area contributed by atoms with Crippen LogP contribution in [0.25, 0.3) is 0 Å². The maximum absolute atomic E-state index is 13.2. The number of nitrogens with zero attached hydrogens (tertiary/aromatic N) is 2. The van der Waals surface area contributed by atoms with Crippen LogP contribution < -0.4 is 5.32 Å². The number of rotatable bonds is 6. The summed E-state index contributed by atoms with van der Waals surface area (Å²) in [6, 6.07) is 10.0. The number of carbonyl (C=O) groups excluding carboxylic acids is 1. The van der Waals surface area contributed by atoms with E-state index in [2.05, 4.69) is 5.32 Å². The Labute approximate surface area is 198 Å². The Bertz CT molecular complexity index is 1010. The highest BCUT2D eigenvalue weighted by Gasteiger charge is 2.46. The molecule has 0 aliphatic carbocycles. The highest BCUT2D eigenvalue weighted by Crippen LogP contribution is 2.37. The van der Waals surface area contributed by atoms with Crippen molar-refractivity contribution in [3.8, 4) is 0 Å². The zero-order valence-corrected chi connectivity index (χ0v) is 18.8. The van der Waals surface area contributed by atoms with Gasteiger partial charge in [0.05, 0.1) is 30.9 Å². The second-order valence-corrected chi connectivity index (χ2v) is 8.86. The maximum atomic E-state index is 13.2. The summed E-state index contributed by atoms with van der Waals surface area (Å²) in [5, 5.41) is 6.53. The van der Waals surface area contributed by atoms with Gasteiger partial charge in [0, 0.05) is 13.1 Å². The van der Waals surface area contributed by atoms with Gasteiger partial charge in [-0.3, -0.25) is 5.01 Å². The molecular weight excluding hydrogens is 476 g/mol. The second-order valence-electron chi connectivity index (χ2n) is 8.86. The zero-order valence-electron chi connectivity index (χ0n) is 18.8. The van der Waals surface area contributed by atoms with Crippen molar-refractivity contribution in [3.63, 3.8) is 0 Å². The number of alkyl halides is 6. The lowest BCUT2D eigenvalue weighted by Gasteiger charge is -2.35. The summed E-state index contributed by atoms with van der Waals surface area (Å²) in [6.45, 7) is 1.06. The lowest BCUT2D eigenvalue weighted by molar-refractivity contribution is -0.143. The van der Waals surface area contributed by atoms with Crippen molar-refractivity contribution in [2.45, 2.75) is 43.8 Å². The van der Waals surface area contributed by atoms with Crippen molar-refractivity contribution in [1.29, 1.82) is 0 Å². The SMILES string of the molecule is O=C1NC(COCc2cc(C(F)(F)F)cc(C(F)(F)F)c2)(c2ccccc2)CN1N1CCCCC1. The van der Waals surface area contributed by atoms with E-state index in [0.29, 0.717) is 12.1 Å². The molecular formula is C24H25F6N3O2. The van der Waals surface area contributed by atoms with Crippen LogP contribution in [0.3, 0.4) is 0 Å². The third-order valence-corrected chi connectivity index (χ3v) is 6.27. The Hall–Kier alpha value is -2.79. The lowest BCUT2D eigenvalue weighted by Crippen LogP contribution is -2.47. The quantitative estimate of drug-likeness (QED) is 0.527. The maximum Gasteiger partial charge on any atom is 0.416 e. The molecule has 2 aromatic carbocycles. The largest absolute Gasteiger partial charge is 0.416 e. The van der Waals surface area contributed by atoms with Gasteiger partial charge in [-0.1, -0.05) is 36.8 Å². The Morgan fingerprint density at radius 3 is 2.06 bits per heavy atom. The van der Waals surface area contributed by atoms with Crippen LogP contribution in [0, 0.1) is 0 Å².